The highest BCUT2D eigenvalue weighted by molar-refractivity contribution is 5.50. The second-order valence-electron chi connectivity index (χ2n) is 1.77. The molecule has 0 saturated carbocycles. The van der Waals surface area contributed by atoms with Crippen molar-refractivity contribution in [2.45, 2.75) is 0 Å². The summed E-state index contributed by atoms with van der Waals surface area (Å²) in [5.74, 6) is 0.574. The van der Waals surface area contributed by atoms with Crippen molar-refractivity contribution < 1.29 is 4.74 Å². The predicted octanol–water partition coefficient (Wildman–Crippen LogP) is 2.35. The van der Waals surface area contributed by atoms with Gasteiger partial charge in [-0.1, -0.05) is 12.1 Å². The fourth-order valence-corrected chi connectivity index (χ4v) is 0.712. The van der Waals surface area contributed by atoms with Gasteiger partial charge in [-0.05, 0) is 12.1 Å². The minimum absolute atomic E-state index is 0.449. The molecule has 0 spiro atoms. The highest BCUT2D eigenvalue weighted by atomic mass is 16.5. The molecule has 1 aromatic rings. The zero-order valence-electron chi connectivity index (χ0n) is 5.61. The molecule has 0 aliphatic rings. The predicted molar refractivity (Wildman–Crippen MR) is 38.4 cm³/mol. The van der Waals surface area contributed by atoms with E-state index in [2.05, 4.69) is 5.11 Å². The van der Waals surface area contributed by atoms with E-state index in [0.29, 0.717) is 11.4 Å². The number of hydrogen-bond acceptors (Lipinski definition) is 2. The summed E-state index contributed by atoms with van der Waals surface area (Å²) >= 11 is 0. The molecule has 52 valence electrons. The van der Waals surface area contributed by atoms with Crippen molar-refractivity contribution in [2.75, 3.05) is 7.11 Å². The van der Waals surface area contributed by atoms with Crippen LogP contribution in [0.2, 0.25) is 0 Å². The molecule has 0 fully saturated rings. The molecule has 0 aliphatic carbocycles. The van der Waals surface area contributed by atoms with Crippen LogP contribution in [0.3, 0.4) is 0 Å². The van der Waals surface area contributed by atoms with Crippen LogP contribution in [0.1, 0.15) is 0 Å². The average Bonchev–Trinajstić information content (AvgIpc) is 2.04. The zero-order valence-corrected chi connectivity index (χ0v) is 5.61. The van der Waals surface area contributed by atoms with Crippen molar-refractivity contribution in [1.82, 2.24) is 0 Å². The van der Waals surface area contributed by atoms with Gasteiger partial charge in [-0.15, -0.1) is 0 Å². The molecule has 1 rings (SSSR count). The molecule has 1 aromatic carbocycles. The lowest BCUT2D eigenvalue weighted by Crippen LogP contribution is -1.80. The summed E-state index contributed by atoms with van der Waals surface area (Å²) in [6.07, 6.45) is 0. The maximum Gasteiger partial charge on any atom is 0.142 e. The minimum atomic E-state index is 0.449. The van der Waals surface area contributed by atoms with Crippen LogP contribution >= 0.6 is 0 Å². The van der Waals surface area contributed by atoms with Crippen molar-refractivity contribution in [3.63, 3.8) is 0 Å². The topological polar surface area (TPSA) is 43.9 Å². The Bertz CT molecular complexity index is 235. The van der Waals surface area contributed by atoms with E-state index in [9.17, 15) is 0 Å². The lowest BCUT2D eigenvalue weighted by atomic mass is 10.3. The largest absolute Gasteiger partial charge is 0.706 e. The van der Waals surface area contributed by atoms with Crippen molar-refractivity contribution in [1.29, 1.82) is 0 Å². The van der Waals surface area contributed by atoms with E-state index in [0.717, 1.165) is 0 Å². The fraction of sp³-hybridized carbons (Fsp3) is 0.143. The second-order valence-corrected chi connectivity index (χ2v) is 1.77. The monoisotopic (exact) mass is 135 g/mol. The van der Waals surface area contributed by atoms with Gasteiger partial charge in [0, 0.05) is 0 Å². The molecule has 3 nitrogen and oxygen atoms in total. The number of hydrogen-bond donors (Lipinski definition) is 0. The van der Waals surface area contributed by atoms with Crippen LogP contribution in [-0.2, 0) is 0 Å². The summed E-state index contributed by atoms with van der Waals surface area (Å²) < 4.78 is 4.88. The molecular formula is C7H7N2O-. The number of benzene rings is 1. The van der Waals surface area contributed by atoms with E-state index in [1.165, 1.54) is 7.11 Å². The molecule has 0 radical (unpaired) electrons. The maximum absolute atomic E-state index is 8.39. The number of para-hydroxylation sites is 1. The first-order valence-electron chi connectivity index (χ1n) is 2.86. The number of rotatable bonds is 2. The molecule has 0 amide bonds. The van der Waals surface area contributed by atoms with Crippen LogP contribution in [0, 0.1) is 0 Å². The SMILES string of the molecule is COc1ccccc1N=[N-]. The fourth-order valence-electron chi connectivity index (χ4n) is 0.712. The molecule has 0 saturated heterocycles. The summed E-state index contributed by atoms with van der Waals surface area (Å²) in [6, 6.07) is 6.99. The summed E-state index contributed by atoms with van der Waals surface area (Å²) in [5.41, 5.74) is 8.84. The Labute approximate surface area is 59.1 Å². The Kier molecular flexibility index (Phi) is 1.99. The molecule has 0 aliphatic heterocycles. The first-order chi connectivity index (χ1) is 4.88. The average molecular weight is 135 g/mol. The van der Waals surface area contributed by atoms with Crippen LogP contribution in [0.15, 0.2) is 29.4 Å². The molecule has 0 unspecified atom stereocenters. The Hall–Kier alpha value is -1.38. The maximum atomic E-state index is 8.39. The summed E-state index contributed by atoms with van der Waals surface area (Å²) in [5, 5.41) is 3.02. The normalized spacial score (nSPS) is 8.90. The van der Waals surface area contributed by atoms with Crippen LogP contribution < -0.4 is 4.74 Å². The van der Waals surface area contributed by atoms with Gasteiger partial charge in [0.05, 0.1) is 12.8 Å². The smallest absolute Gasteiger partial charge is 0.142 e. The molecule has 0 N–H and O–H groups in total. The lowest BCUT2D eigenvalue weighted by molar-refractivity contribution is 0.416. The lowest BCUT2D eigenvalue weighted by Gasteiger charge is -2.03. The van der Waals surface area contributed by atoms with Crippen LogP contribution in [0.5, 0.6) is 5.75 Å². The summed E-state index contributed by atoms with van der Waals surface area (Å²) in [4.78, 5) is 0. The van der Waals surface area contributed by atoms with Crippen LogP contribution in [0.25, 0.3) is 5.53 Å². The summed E-state index contributed by atoms with van der Waals surface area (Å²) in [6.45, 7) is 0. The van der Waals surface area contributed by atoms with E-state index in [4.69, 9.17) is 10.3 Å². The van der Waals surface area contributed by atoms with Gasteiger partial charge in [0.1, 0.15) is 5.75 Å². The third-order valence-electron chi connectivity index (χ3n) is 1.19. The first-order valence-corrected chi connectivity index (χ1v) is 2.86. The number of ether oxygens (including phenoxy) is 1. The van der Waals surface area contributed by atoms with Gasteiger partial charge in [0.25, 0.3) is 0 Å². The second kappa shape index (κ2) is 2.96. The van der Waals surface area contributed by atoms with Gasteiger partial charge in [-0.3, -0.25) is 0 Å². The van der Waals surface area contributed by atoms with Gasteiger partial charge < -0.3 is 15.4 Å². The first kappa shape index (κ1) is 6.74. The summed E-state index contributed by atoms with van der Waals surface area (Å²) in [7, 11) is 1.53. The molecule has 0 aromatic heterocycles. The molecule has 0 heterocycles. The van der Waals surface area contributed by atoms with E-state index in [1.54, 1.807) is 18.2 Å². The van der Waals surface area contributed by atoms with Crippen LogP contribution in [0.4, 0.5) is 5.69 Å². The quantitative estimate of drug-likeness (QED) is 0.574. The Morgan fingerprint density at radius 1 is 1.40 bits per heavy atom. The van der Waals surface area contributed by atoms with Crippen molar-refractivity contribution >= 4 is 5.69 Å². The van der Waals surface area contributed by atoms with Crippen molar-refractivity contribution in [2.24, 2.45) is 5.11 Å². The van der Waals surface area contributed by atoms with E-state index in [-0.39, 0.29) is 0 Å². The highest BCUT2D eigenvalue weighted by Crippen LogP contribution is 2.25. The van der Waals surface area contributed by atoms with E-state index in [1.807, 2.05) is 6.07 Å². The van der Waals surface area contributed by atoms with Gasteiger partial charge in [-0.25, -0.2) is 0 Å². The van der Waals surface area contributed by atoms with Gasteiger partial charge >= 0.3 is 0 Å². The van der Waals surface area contributed by atoms with E-state index < -0.39 is 0 Å². The molecular weight excluding hydrogens is 128 g/mol. The van der Waals surface area contributed by atoms with Crippen LogP contribution in [-0.4, -0.2) is 7.11 Å². The Morgan fingerprint density at radius 3 is 2.60 bits per heavy atom. The van der Waals surface area contributed by atoms with Crippen molar-refractivity contribution in [3.05, 3.63) is 29.8 Å². The number of methoxy groups -OCH3 is 1. The Balaban J connectivity index is 3.08. The molecule has 0 bridgehead atoms. The minimum Gasteiger partial charge on any atom is -0.706 e. The standard InChI is InChI=1S/C7H7N2O/c1-10-7-5-3-2-4-6(7)9-8/h2-5H,1H3/q-1. The number of nitrogens with zero attached hydrogens (tertiary/aromatic N) is 2. The highest BCUT2D eigenvalue weighted by Gasteiger charge is 1.92. The Morgan fingerprint density at radius 2 is 2.10 bits per heavy atom. The van der Waals surface area contributed by atoms with E-state index >= 15 is 0 Å². The molecule has 10 heavy (non-hydrogen) atoms. The van der Waals surface area contributed by atoms with Gasteiger partial charge in [0.15, 0.2) is 0 Å². The molecule has 0 atom stereocenters. The molecule has 3 heteroatoms. The van der Waals surface area contributed by atoms with Gasteiger partial charge in [-0.2, -0.15) is 0 Å². The zero-order chi connectivity index (χ0) is 7.40. The van der Waals surface area contributed by atoms with Crippen molar-refractivity contribution in [3.8, 4) is 5.75 Å². The third-order valence-corrected chi connectivity index (χ3v) is 1.19. The van der Waals surface area contributed by atoms with Gasteiger partial charge in [0.2, 0.25) is 0 Å². The third kappa shape index (κ3) is 1.13.